The molecule has 0 unspecified atom stereocenters. The van der Waals surface area contributed by atoms with Gasteiger partial charge in [0.2, 0.25) is 5.91 Å². The molecule has 0 bridgehead atoms. The Bertz CT molecular complexity index is 961. The van der Waals surface area contributed by atoms with Crippen molar-refractivity contribution >= 4 is 40.1 Å². The van der Waals surface area contributed by atoms with Gasteiger partial charge < -0.3 is 20.5 Å². The predicted octanol–water partition coefficient (Wildman–Crippen LogP) is 3.04. The molecule has 140 valence electrons. The quantitative estimate of drug-likeness (QED) is 0.607. The number of rotatable bonds is 7. The summed E-state index contributed by atoms with van der Waals surface area (Å²) in [6.07, 6.45) is 5.92. The topological polar surface area (TPSA) is 108 Å². The van der Waals surface area contributed by atoms with Crippen molar-refractivity contribution in [2.75, 3.05) is 11.9 Å². The number of primary amides is 1. The fraction of sp³-hybridized carbons (Fsp3) is 0.167. The lowest BCUT2D eigenvalue weighted by Gasteiger charge is -2.08. The molecule has 3 rings (SSSR count). The average Bonchev–Trinajstić information content (AvgIpc) is 3.17. The SMILES string of the molecule is CCOCc1cn2cc(C=CC(=O)Nc3ccccc3OC(N)=O)sc2n1. The van der Waals surface area contributed by atoms with Crippen molar-refractivity contribution in [3.63, 3.8) is 0 Å². The first kappa shape index (κ1) is 18.6. The zero-order valence-electron chi connectivity index (χ0n) is 14.5. The number of benzene rings is 1. The number of nitrogens with two attached hydrogens (primary N) is 1. The number of amides is 2. The van der Waals surface area contributed by atoms with Crippen LogP contribution in [0.5, 0.6) is 5.75 Å². The van der Waals surface area contributed by atoms with E-state index in [1.54, 1.807) is 24.3 Å². The summed E-state index contributed by atoms with van der Waals surface area (Å²) in [5.74, 6) is -0.179. The molecule has 8 nitrogen and oxygen atoms in total. The van der Waals surface area contributed by atoms with E-state index in [1.807, 2.05) is 23.7 Å². The van der Waals surface area contributed by atoms with E-state index in [4.69, 9.17) is 15.2 Å². The zero-order valence-corrected chi connectivity index (χ0v) is 15.4. The van der Waals surface area contributed by atoms with Gasteiger partial charge in [-0.2, -0.15) is 0 Å². The zero-order chi connectivity index (χ0) is 19.2. The molecule has 3 N–H and O–H groups in total. The summed E-state index contributed by atoms with van der Waals surface area (Å²) in [6.45, 7) is 3.05. The van der Waals surface area contributed by atoms with Gasteiger partial charge in [-0.25, -0.2) is 9.78 Å². The molecular formula is C18H18N4O4S. The number of carbonyl (C=O) groups excluding carboxylic acids is 2. The first-order valence-electron chi connectivity index (χ1n) is 8.15. The molecule has 0 saturated heterocycles. The molecule has 0 saturated carbocycles. The van der Waals surface area contributed by atoms with Crippen molar-refractivity contribution in [1.82, 2.24) is 9.38 Å². The number of carbonyl (C=O) groups is 2. The molecule has 2 aromatic heterocycles. The number of nitrogens with one attached hydrogen (secondary N) is 1. The van der Waals surface area contributed by atoms with Gasteiger partial charge in [-0.15, -0.1) is 0 Å². The molecule has 0 aliphatic heterocycles. The molecule has 27 heavy (non-hydrogen) atoms. The number of aromatic nitrogens is 2. The molecular weight excluding hydrogens is 368 g/mol. The van der Waals surface area contributed by atoms with Crippen LogP contribution in [-0.2, 0) is 16.1 Å². The maximum Gasteiger partial charge on any atom is 0.410 e. The van der Waals surface area contributed by atoms with Crippen LogP contribution in [0.1, 0.15) is 17.5 Å². The van der Waals surface area contributed by atoms with Crippen LogP contribution in [0.3, 0.4) is 0 Å². The Labute approximate surface area is 159 Å². The number of anilines is 1. The number of imidazole rings is 1. The second-order valence-electron chi connectivity index (χ2n) is 5.43. The highest BCUT2D eigenvalue weighted by molar-refractivity contribution is 7.17. The molecule has 0 radical (unpaired) electrons. The fourth-order valence-corrected chi connectivity index (χ4v) is 3.20. The molecule has 0 spiro atoms. The Kier molecular flexibility index (Phi) is 5.84. The van der Waals surface area contributed by atoms with E-state index >= 15 is 0 Å². The van der Waals surface area contributed by atoms with E-state index < -0.39 is 6.09 Å². The first-order chi connectivity index (χ1) is 13.0. The van der Waals surface area contributed by atoms with Crippen molar-refractivity contribution in [3.8, 4) is 5.75 Å². The van der Waals surface area contributed by atoms with Crippen LogP contribution in [-0.4, -0.2) is 28.0 Å². The molecule has 9 heteroatoms. The highest BCUT2D eigenvalue weighted by Crippen LogP contribution is 2.24. The molecule has 0 atom stereocenters. The maximum absolute atomic E-state index is 12.1. The van der Waals surface area contributed by atoms with Gasteiger partial charge in [0.05, 0.1) is 18.0 Å². The molecule has 2 heterocycles. The second-order valence-corrected chi connectivity index (χ2v) is 6.47. The number of thiazole rings is 1. The number of para-hydroxylation sites is 2. The molecule has 2 amide bonds. The summed E-state index contributed by atoms with van der Waals surface area (Å²) in [7, 11) is 0. The van der Waals surface area contributed by atoms with E-state index in [1.165, 1.54) is 23.5 Å². The third-order valence-electron chi connectivity index (χ3n) is 3.43. The van der Waals surface area contributed by atoms with Gasteiger partial charge in [0, 0.05) is 30.0 Å². The largest absolute Gasteiger partial charge is 0.410 e. The van der Waals surface area contributed by atoms with Crippen LogP contribution in [0.2, 0.25) is 0 Å². The maximum atomic E-state index is 12.1. The summed E-state index contributed by atoms with van der Waals surface area (Å²) < 4.78 is 12.1. The number of hydrogen-bond acceptors (Lipinski definition) is 6. The van der Waals surface area contributed by atoms with E-state index in [9.17, 15) is 9.59 Å². The normalized spacial score (nSPS) is 11.1. The fourth-order valence-electron chi connectivity index (χ4n) is 2.31. The molecule has 1 aromatic carbocycles. The van der Waals surface area contributed by atoms with Crippen molar-refractivity contribution < 1.29 is 19.1 Å². The molecule has 0 fully saturated rings. The van der Waals surface area contributed by atoms with Crippen LogP contribution >= 0.6 is 11.3 Å². The highest BCUT2D eigenvalue weighted by Gasteiger charge is 2.09. The average molecular weight is 386 g/mol. The van der Waals surface area contributed by atoms with Crippen LogP contribution in [0, 0.1) is 0 Å². The van der Waals surface area contributed by atoms with Crippen LogP contribution in [0.15, 0.2) is 42.7 Å². The smallest absolute Gasteiger partial charge is 0.408 e. The van der Waals surface area contributed by atoms with Gasteiger partial charge in [-0.1, -0.05) is 23.5 Å². The van der Waals surface area contributed by atoms with Crippen molar-refractivity contribution in [2.24, 2.45) is 5.73 Å². The lowest BCUT2D eigenvalue weighted by atomic mass is 10.3. The number of ether oxygens (including phenoxy) is 2. The van der Waals surface area contributed by atoms with E-state index in [-0.39, 0.29) is 11.7 Å². The van der Waals surface area contributed by atoms with Crippen LogP contribution in [0.25, 0.3) is 11.0 Å². The second kappa shape index (κ2) is 8.47. The molecule has 0 aliphatic carbocycles. The summed E-state index contributed by atoms with van der Waals surface area (Å²) in [5.41, 5.74) is 6.24. The summed E-state index contributed by atoms with van der Waals surface area (Å²) >= 11 is 1.46. The van der Waals surface area contributed by atoms with Gasteiger partial charge in [0.25, 0.3) is 0 Å². The van der Waals surface area contributed by atoms with Crippen LogP contribution in [0.4, 0.5) is 10.5 Å². The van der Waals surface area contributed by atoms with Crippen molar-refractivity contribution in [2.45, 2.75) is 13.5 Å². The van der Waals surface area contributed by atoms with E-state index in [0.717, 1.165) is 15.5 Å². The van der Waals surface area contributed by atoms with Gasteiger partial charge in [-0.05, 0) is 25.1 Å². The Morgan fingerprint density at radius 1 is 1.33 bits per heavy atom. The Hall–Kier alpha value is -3.17. The highest BCUT2D eigenvalue weighted by atomic mass is 32.1. The lowest BCUT2D eigenvalue weighted by Crippen LogP contribution is -2.18. The van der Waals surface area contributed by atoms with E-state index in [0.29, 0.717) is 18.9 Å². The van der Waals surface area contributed by atoms with Crippen molar-refractivity contribution in [3.05, 3.63) is 53.3 Å². The number of hydrogen-bond donors (Lipinski definition) is 2. The Morgan fingerprint density at radius 3 is 2.89 bits per heavy atom. The summed E-state index contributed by atoms with van der Waals surface area (Å²) in [4.78, 5) is 29.2. The Morgan fingerprint density at radius 2 is 2.15 bits per heavy atom. The van der Waals surface area contributed by atoms with Gasteiger partial charge in [0.15, 0.2) is 10.7 Å². The summed E-state index contributed by atoms with van der Waals surface area (Å²) in [5, 5.41) is 2.65. The standard InChI is InChI=1S/C18H18N4O4S/c1-2-25-11-12-9-22-10-13(27-18(22)20-12)7-8-16(23)21-14-5-3-4-6-15(14)26-17(19)24/h3-10H,2,11H2,1H3,(H2,19,24)(H,21,23). The third-order valence-corrected chi connectivity index (χ3v) is 4.39. The van der Waals surface area contributed by atoms with Gasteiger partial charge in [-0.3, -0.25) is 9.20 Å². The number of fused-ring (bicyclic) bond motifs is 1. The number of nitrogens with zero attached hydrogens (tertiary/aromatic N) is 2. The minimum absolute atomic E-state index is 0.183. The van der Waals surface area contributed by atoms with Gasteiger partial charge in [0.1, 0.15) is 0 Å². The lowest BCUT2D eigenvalue weighted by molar-refractivity contribution is -0.111. The van der Waals surface area contributed by atoms with Gasteiger partial charge >= 0.3 is 6.09 Å². The Balaban J connectivity index is 1.65. The molecule has 3 aromatic rings. The molecule has 0 aliphatic rings. The van der Waals surface area contributed by atoms with Crippen LogP contribution < -0.4 is 15.8 Å². The van der Waals surface area contributed by atoms with Crippen molar-refractivity contribution in [1.29, 1.82) is 0 Å². The first-order valence-corrected chi connectivity index (χ1v) is 8.97. The minimum atomic E-state index is -0.946. The van der Waals surface area contributed by atoms with E-state index in [2.05, 4.69) is 10.3 Å². The predicted molar refractivity (Wildman–Crippen MR) is 103 cm³/mol. The third kappa shape index (κ3) is 4.93. The monoisotopic (exact) mass is 386 g/mol. The minimum Gasteiger partial charge on any atom is -0.408 e. The summed E-state index contributed by atoms with van der Waals surface area (Å²) in [6, 6.07) is 6.54.